The molecule has 1 aromatic carbocycles. The molecule has 1 aliphatic rings. The number of aryl methyl sites for hydroxylation is 1. The largest absolute Gasteiger partial charge is 0.370 e. The molecule has 0 unspecified atom stereocenters. The number of halogens is 1. The number of sulfonamides is 1. The fourth-order valence-corrected chi connectivity index (χ4v) is 4.21. The van der Waals surface area contributed by atoms with E-state index in [2.05, 4.69) is 15.8 Å². The molecule has 132 valence electrons. The van der Waals surface area contributed by atoms with Crippen molar-refractivity contribution in [3.63, 3.8) is 0 Å². The summed E-state index contributed by atoms with van der Waals surface area (Å²) in [5, 5.41) is 10.1. The molecule has 1 aliphatic heterocycles. The molecule has 0 atom stereocenters. The van der Waals surface area contributed by atoms with Crippen LogP contribution in [-0.4, -0.2) is 38.8 Å². The number of nitrogens with zero attached hydrogens (tertiary/aromatic N) is 3. The van der Waals surface area contributed by atoms with Crippen LogP contribution in [0.2, 0.25) is 0 Å². The Morgan fingerprint density at radius 1 is 1.36 bits per heavy atom. The molecule has 0 aliphatic carbocycles. The molecule has 25 heavy (non-hydrogen) atoms. The van der Waals surface area contributed by atoms with Gasteiger partial charge in [-0.25, -0.2) is 17.5 Å². The summed E-state index contributed by atoms with van der Waals surface area (Å²) in [6, 6.07) is 4.85. The summed E-state index contributed by atoms with van der Waals surface area (Å²) in [6.07, 6.45) is 3.91. The summed E-state index contributed by atoms with van der Waals surface area (Å²) in [5.74, 6) is -0.364. The lowest BCUT2D eigenvalue weighted by Crippen LogP contribution is -2.44. The van der Waals surface area contributed by atoms with E-state index in [-0.39, 0.29) is 11.9 Å². The van der Waals surface area contributed by atoms with Crippen LogP contribution in [0, 0.1) is 24.1 Å². The number of anilines is 1. The number of hydrogen-bond donors (Lipinski definition) is 1. The van der Waals surface area contributed by atoms with Crippen molar-refractivity contribution in [1.29, 1.82) is 5.26 Å². The molecule has 2 aromatic rings. The van der Waals surface area contributed by atoms with Gasteiger partial charge >= 0.3 is 0 Å². The predicted octanol–water partition coefficient (Wildman–Crippen LogP) is 2.07. The van der Waals surface area contributed by atoms with E-state index in [9.17, 15) is 18.1 Å². The van der Waals surface area contributed by atoms with Crippen LogP contribution in [0.4, 0.5) is 10.1 Å². The fourth-order valence-electron chi connectivity index (χ4n) is 3.37. The molecule has 2 heterocycles. The molecule has 6 nitrogen and oxygen atoms in total. The molecule has 1 fully saturated rings. The second-order valence-corrected chi connectivity index (χ2v) is 8.18. The van der Waals surface area contributed by atoms with Gasteiger partial charge in [0.2, 0.25) is 10.0 Å². The van der Waals surface area contributed by atoms with Gasteiger partial charge in [-0.15, -0.1) is 0 Å². The molecule has 0 bridgehead atoms. The minimum Gasteiger partial charge on any atom is -0.370 e. The van der Waals surface area contributed by atoms with Gasteiger partial charge in [0.25, 0.3) is 0 Å². The maximum absolute atomic E-state index is 13.9. The second kappa shape index (κ2) is 6.58. The summed E-state index contributed by atoms with van der Waals surface area (Å²) in [7, 11) is -3.25. The van der Waals surface area contributed by atoms with Crippen LogP contribution < -0.4 is 9.62 Å². The average molecular weight is 362 g/mol. The highest BCUT2D eigenvalue weighted by molar-refractivity contribution is 7.88. The first kappa shape index (κ1) is 17.6. The Morgan fingerprint density at radius 2 is 2.04 bits per heavy atom. The maximum Gasteiger partial charge on any atom is 0.208 e. The van der Waals surface area contributed by atoms with Crippen molar-refractivity contribution in [2.24, 2.45) is 0 Å². The quantitative estimate of drug-likeness (QED) is 0.903. The Labute approximate surface area is 146 Å². The molecular weight excluding hydrogens is 343 g/mol. The highest BCUT2D eigenvalue weighted by atomic mass is 32.2. The normalized spacial score (nSPS) is 16.2. The van der Waals surface area contributed by atoms with Crippen LogP contribution >= 0.6 is 0 Å². The van der Waals surface area contributed by atoms with Crippen molar-refractivity contribution >= 4 is 26.6 Å². The van der Waals surface area contributed by atoms with Crippen LogP contribution in [0.3, 0.4) is 0 Å². The average Bonchev–Trinajstić information content (AvgIpc) is 2.53. The molecule has 3 rings (SSSR count). The molecular formula is C17H19FN4O2S. The standard InChI is InChI=1S/C17H19FN4O2S/c1-11-7-13(18)8-15-16(11)20-10-12(9-19)17(15)22-5-3-14(4-6-22)21-25(2,23)24/h7-8,10,14,21H,3-6H2,1-2H3. The molecule has 1 saturated heterocycles. The highest BCUT2D eigenvalue weighted by Crippen LogP contribution is 2.33. The Hall–Kier alpha value is -2.24. The van der Waals surface area contributed by atoms with E-state index in [1.54, 1.807) is 6.92 Å². The second-order valence-electron chi connectivity index (χ2n) is 6.40. The van der Waals surface area contributed by atoms with Gasteiger partial charge in [-0.05, 0) is 37.5 Å². The minimum absolute atomic E-state index is 0.122. The number of pyridine rings is 1. The lowest BCUT2D eigenvalue weighted by molar-refractivity contribution is 0.462. The van der Waals surface area contributed by atoms with Crippen LogP contribution in [0.15, 0.2) is 18.3 Å². The van der Waals surface area contributed by atoms with Gasteiger partial charge in [-0.1, -0.05) is 0 Å². The smallest absolute Gasteiger partial charge is 0.208 e. The molecule has 1 N–H and O–H groups in total. The number of hydrogen-bond acceptors (Lipinski definition) is 5. The van der Waals surface area contributed by atoms with Gasteiger partial charge in [0.15, 0.2) is 0 Å². The molecule has 0 saturated carbocycles. The number of rotatable bonds is 3. The molecule has 0 amide bonds. The number of aromatic nitrogens is 1. The zero-order valence-corrected chi connectivity index (χ0v) is 14.9. The number of piperidine rings is 1. The Bertz CT molecular complexity index is 961. The molecule has 8 heteroatoms. The summed E-state index contributed by atoms with van der Waals surface area (Å²) in [6.45, 7) is 2.95. The topological polar surface area (TPSA) is 86.1 Å². The van der Waals surface area contributed by atoms with Crippen molar-refractivity contribution in [2.75, 3.05) is 24.2 Å². The van der Waals surface area contributed by atoms with E-state index in [0.29, 0.717) is 48.1 Å². The number of nitrogens with one attached hydrogen (secondary N) is 1. The van der Waals surface area contributed by atoms with Crippen LogP contribution in [-0.2, 0) is 10.0 Å². The third-order valence-corrected chi connectivity index (χ3v) is 5.17. The predicted molar refractivity (Wildman–Crippen MR) is 94.4 cm³/mol. The van der Waals surface area contributed by atoms with Crippen molar-refractivity contribution in [3.8, 4) is 6.07 Å². The first-order valence-corrected chi connectivity index (χ1v) is 9.89. The summed E-state index contributed by atoms with van der Waals surface area (Å²) < 4.78 is 39.3. The van der Waals surface area contributed by atoms with Gasteiger partial charge in [-0.3, -0.25) is 4.98 Å². The third kappa shape index (κ3) is 3.72. The Morgan fingerprint density at radius 3 is 2.64 bits per heavy atom. The Kier molecular flexibility index (Phi) is 4.62. The SMILES string of the molecule is Cc1cc(F)cc2c(N3CCC(NS(C)(=O)=O)CC3)c(C#N)cnc12. The number of fused-ring (bicyclic) bond motifs is 1. The van der Waals surface area contributed by atoms with E-state index < -0.39 is 10.0 Å². The van der Waals surface area contributed by atoms with Gasteiger partial charge in [0.1, 0.15) is 11.9 Å². The third-order valence-electron chi connectivity index (χ3n) is 4.41. The molecule has 0 spiro atoms. The summed E-state index contributed by atoms with van der Waals surface area (Å²) in [5.41, 5.74) is 2.46. The van der Waals surface area contributed by atoms with Crippen molar-refractivity contribution in [1.82, 2.24) is 9.71 Å². The zero-order valence-electron chi connectivity index (χ0n) is 14.1. The Balaban J connectivity index is 1.98. The van der Waals surface area contributed by atoms with Gasteiger partial charge < -0.3 is 4.90 Å². The van der Waals surface area contributed by atoms with E-state index in [1.807, 2.05) is 4.90 Å². The van der Waals surface area contributed by atoms with Crippen LogP contribution in [0.1, 0.15) is 24.0 Å². The highest BCUT2D eigenvalue weighted by Gasteiger charge is 2.25. The molecule has 1 aromatic heterocycles. The molecule has 0 radical (unpaired) electrons. The van der Waals surface area contributed by atoms with Crippen molar-refractivity contribution in [2.45, 2.75) is 25.8 Å². The van der Waals surface area contributed by atoms with Gasteiger partial charge in [0, 0.05) is 30.7 Å². The van der Waals surface area contributed by atoms with E-state index in [4.69, 9.17) is 0 Å². The first-order valence-electron chi connectivity index (χ1n) is 7.99. The fraction of sp³-hybridized carbons (Fsp3) is 0.412. The van der Waals surface area contributed by atoms with Crippen LogP contribution in [0.5, 0.6) is 0 Å². The zero-order chi connectivity index (χ0) is 18.2. The lowest BCUT2D eigenvalue weighted by atomic mass is 10.0. The van der Waals surface area contributed by atoms with Crippen LogP contribution in [0.25, 0.3) is 10.9 Å². The summed E-state index contributed by atoms with van der Waals surface area (Å²) in [4.78, 5) is 6.32. The minimum atomic E-state index is -3.25. The van der Waals surface area contributed by atoms with E-state index in [0.717, 1.165) is 11.8 Å². The van der Waals surface area contributed by atoms with Crippen molar-refractivity contribution < 1.29 is 12.8 Å². The van der Waals surface area contributed by atoms with E-state index >= 15 is 0 Å². The first-order chi connectivity index (χ1) is 11.8. The van der Waals surface area contributed by atoms with E-state index in [1.165, 1.54) is 18.3 Å². The van der Waals surface area contributed by atoms with Gasteiger partial charge in [0.05, 0.1) is 23.0 Å². The maximum atomic E-state index is 13.9. The van der Waals surface area contributed by atoms with Crippen molar-refractivity contribution in [3.05, 3.63) is 35.3 Å². The number of benzene rings is 1. The monoisotopic (exact) mass is 362 g/mol. The summed E-state index contributed by atoms with van der Waals surface area (Å²) >= 11 is 0. The van der Waals surface area contributed by atoms with Gasteiger partial charge in [-0.2, -0.15) is 5.26 Å². The number of nitriles is 1. The lowest BCUT2D eigenvalue weighted by Gasteiger charge is -2.34.